The van der Waals surface area contributed by atoms with E-state index in [1.54, 1.807) is 11.0 Å². The lowest BCUT2D eigenvalue weighted by Gasteiger charge is -2.60. The van der Waals surface area contributed by atoms with Crippen molar-refractivity contribution in [2.75, 3.05) is 0 Å². The summed E-state index contributed by atoms with van der Waals surface area (Å²) in [7, 11) is 0. The van der Waals surface area contributed by atoms with E-state index in [1.165, 1.54) is 25.6 Å². The molecule has 2 N–H and O–H groups in total. The molecule has 4 saturated carbocycles. The van der Waals surface area contributed by atoms with Crippen molar-refractivity contribution in [2.45, 2.75) is 50.6 Å². The van der Waals surface area contributed by atoms with Crippen molar-refractivity contribution in [3.8, 4) is 6.07 Å². The van der Waals surface area contributed by atoms with Crippen LogP contribution >= 0.6 is 0 Å². The summed E-state index contributed by atoms with van der Waals surface area (Å²) in [5.74, 6) is 2.40. The van der Waals surface area contributed by atoms with E-state index in [4.69, 9.17) is 5.73 Å². The Morgan fingerprint density at radius 3 is 2.30 bits per heavy atom. The summed E-state index contributed by atoms with van der Waals surface area (Å²) in [5, 5.41) is 14.0. The summed E-state index contributed by atoms with van der Waals surface area (Å²) < 4.78 is 1.72. The van der Waals surface area contributed by atoms with Gasteiger partial charge in [-0.05, 0) is 56.3 Å². The van der Waals surface area contributed by atoms with Crippen molar-refractivity contribution < 1.29 is 0 Å². The van der Waals surface area contributed by atoms with Crippen LogP contribution in [0.25, 0.3) is 0 Å². The van der Waals surface area contributed by atoms with Crippen LogP contribution in [0.5, 0.6) is 0 Å². The van der Waals surface area contributed by atoms with Crippen molar-refractivity contribution in [1.29, 1.82) is 5.26 Å². The minimum Gasteiger partial charge on any atom is -0.311 e. The van der Waals surface area contributed by atoms with Gasteiger partial charge in [-0.15, -0.1) is 0 Å². The van der Waals surface area contributed by atoms with E-state index in [0.29, 0.717) is 6.54 Å². The fourth-order valence-electron chi connectivity index (χ4n) is 5.55. The summed E-state index contributed by atoms with van der Waals surface area (Å²) in [6, 6.07) is 2.46. The van der Waals surface area contributed by atoms with Crippen LogP contribution in [0.4, 0.5) is 0 Å². The predicted octanol–water partition coefficient (Wildman–Crippen LogP) is 1.72. The molecule has 0 radical (unpaired) electrons. The Labute approximate surface area is 119 Å². The first-order valence-corrected chi connectivity index (χ1v) is 7.65. The first-order chi connectivity index (χ1) is 9.62. The number of nitrogens with zero attached hydrogens (tertiary/aromatic N) is 4. The van der Waals surface area contributed by atoms with Gasteiger partial charge in [-0.25, -0.2) is 4.98 Å². The minimum absolute atomic E-state index is 0.00243. The van der Waals surface area contributed by atoms with Gasteiger partial charge in [-0.2, -0.15) is 10.4 Å². The predicted molar refractivity (Wildman–Crippen MR) is 73.2 cm³/mol. The molecule has 0 aliphatic heterocycles. The highest BCUT2D eigenvalue weighted by atomic mass is 15.3. The van der Waals surface area contributed by atoms with Crippen LogP contribution in [-0.4, -0.2) is 20.3 Å². The second kappa shape index (κ2) is 4.05. The van der Waals surface area contributed by atoms with Crippen molar-refractivity contribution in [3.63, 3.8) is 0 Å². The molecule has 0 saturated heterocycles. The van der Waals surface area contributed by atoms with Gasteiger partial charge in [0.1, 0.15) is 18.2 Å². The van der Waals surface area contributed by atoms with Gasteiger partial charge >= 0.3 is 0 Å². The molecule has 4 fully saturated rings. The molecule has 4 aliphatic rings. The van der Waals surface area contributed by atoms with Gasteiger partial charge in [0.25, 0.3) is 0 Å². The largest absolute Gasteiger partial charge is 0.311 e. The van der Waals surface area contributed by atoms with Crippen LogP contribution in [0.2, 0.25) is 0 Å². The Hall–Kier alpha value is -1.41. The van der Waals surface area contributed by atoms with E-state index >= 15 is 0 Å². The maximum Gasteiger partial charge on any atom is 0.137 e. The number of rotatable bonds is 3. The lowest BCUT2D eigenvalue weighted by atomic mass is 9.45. The summed E-state index contributed by atoms with van der Waals surface area (Å²) in [5.41, 5.74) is 5.83. The molecule has 0 spiro atoms. The molecule has 1 aromatic rings. The Morgan fingerprint density at radius 2 is 1.85 bits per heavy atom. The van der Waals surface area contributed by atoms with Crippen LogP contribution in [0.1, 0.15) is 38.5 Å². The monoisotopic (exact) mass is 271 g/mol. The van der Waals surface area contributed by atoms with Crippen LogP contribution in [0.15, 0.2) is 12.7 Å². The molecular formula is C15H21N5. The first kappa shape index (κ1) is 12.3. The SMILES string of the molecule is N#CC(N)(Cn1cncn1)C12CC3CC(CC(C3)C1)C2. The molecule has 5 rings (SSSR count). The highest BCUT2D eigenvalue weighted by molar-refractivity contribution is 5.20. The molecule has 0 amide bonds. The quantitative estimate of drug-likeness (QED) is 0.907. The van der Waals surface area contributed by atoms with E-state index in [9.17, 15) is 5.26 Å². The number of aromatic nitrogens is 3. The summed E-state index contributed by atoms with van der Waals surface area (Å²) in [6.07, 6.45) is 10.7. The van der Waals surface area contributed by atoms with E-state index in [1.807, 2.05) is 0 Å². The number of nitrogens with two attached hydrogens (primary N) is 1. The van der Waals surface area contributed by atoms with E-state index < -0.39 is 5.54 Å². The minimum atomic E-state index is -0.809. The maximum absolute atomic E-state index is 9.81. The zero-order valence-electron chi connectivity index (χ0n) is 11.7. The van der Waals surface area contributed by atoms with Crippen LogP contribution in [-0.2, 0) is 6.54 Å². The van der Waals surface area contributed by atoms with E-state index in [2.05, 4.69) is 16.2 Å². The molecule has 1 heterocycles. The van der Waals surface area contributed by atoms with Gasteiger partial charge in [0.05, 0.1) is 12.6 Å². The van der Waals surface area contributed by atoms with Crippen LogP contribution in [0, 0.1) is 34.5 Å². The zero-order chi connectivity index (χ0) is 13.8. The van der Waals surface area contributed by atoms with Gasteiger partial charge in [-0.1, -0.05) is 0 Å². The molecule has 1 atom stereocenters. The Bertz CT molecular complexity index is 508. The van der Waals surface area contributed by atoms with E-state index in [-0.39, 0.29) is 5.41 Å². The molecular weight excluding hydrogens is 250 g/mol. The Morgan fingerprint density at radius 1 is 1.25 bits per heavy atom. The lowest BCUT2D eigenvalue weighted by molar-refractivity contribution is -0.0874. The van der Waals surface area contributed by atoms with Crippen molar-refractivity contribution in [2.24, 2.45) is 28.9 Å². The first-order valence-electron chi connectivity index (χ1n) is 7.65. The van der Waals surface area contributed by atoms with Crippen molar-refractivity contribution in [1.82, 2.24) is 14.8 Å². The third-order valence-electron chi connectivity index (χ3n) is 6.06. The van der Waals surface area contributed by atoms with Gasteiger partial charge in [-0.3, -0.25) is 4.68 Å². The highest BCUT2D eigenvalue weighted by Gasteiger charge is 2.59. The van der Waals surface area contributed by atoms with Crippen LogP contribution < -0.4 is 5.73 Å². The Balaban J connectivity index is 1.68. The van der Waals surface area contributed by atoms with Gasteiger partial charge in [0.15, 0.2) is 0 Å². The second-order valence-corrected chi connectivity index (χ2v) is 7.37. The standard InChI is InChI=1S/C15H21N5/c16-7-15(17,8-20-10-18-9-19-20)14-4-11-1-12(5-14)3-13(2-11)6-14/h9-13H,1-6,8,17H2. The molecule has 1 aromatic heterocycles. The van der Waals surface area contributed by atoms with Gasteiger partial charge in [0, 0.05) is 5.41 Å². The molecule has 0 aromatic carbocycles. The number of hydrogen-bond donors (Lipinski definition) is 1. The lowest BCUT2D eigenvalue weighted by Crippen LogP contribution is -2.63. The zero-order valence-corrected chi connectivity index (χ0v) is 11.7. The number of nitriles is 1. The highest BCUT2D eigenvalue weighted by Crippen LogP contribution is 2.63. The number of hydrogen-bond acceptors (Lipinski definition) is 4. The fourth-order valence-corrected chi connectivity index (χ4v) is 5.55. The summed E-state index contributed by atoms with van der Waals surface area (Å²) in [6.45, 7) is 0.468. The summed E-state index contributed by atoms with van der Waals surface area (Å²) >= 11 is 0. The molecule has 5 nitrogen and oxygen atoms in total. The Kier molecular flexibility index (Phi) is 2.50. The van der Waals surface area contributed by atoms with Gasteiger partial charge in [0.2, 0.25) is 0 Å². The second-order valence-electron chi connectivity index (χ2n) is 7.37. The average molecular weight is 271 g/mol. The maximum atomic E-state index is 9.81. The molecule has 106 valence electrons. The molecule has 5 heteroatoms. The van der Waals surface area contributed by atoms with Gasteiger partial charge < -0.3 is 5.73 Å². The summed E-state index contributed by atoms with van der Waals surface area (Å²) in [4.78, 5) is 3.97. The van der Waals surface area contributed by atoms with Crippen LogP contribution in [0.3, 0.4) is 0 Å². The third-order valence-corrected chi connectivity index (χ3v) is 6.06. The molecule has 4 aliphatic carbocycles. The molecule has 1 unspecified atom stereocenters. The van der Waals surface area contributed by atoms with Crippen molar-refractivity contribution >= 4 is 0 Å². The fraction of sp³-hybridized carbons (Fsp3) is 0.800. The van der Waals surface area contributed by atoms with Crippen molar-refractivity contribution in [3.05, 3.63) is 12.7 Å². The third kappa shape index (κ3) is 1.64. The average Bonchev–Trinajstić information content (AvgIpc) is 2.89. The molecule has 20 heavy (non-hydrogen) atoms. The topological polar surface area (TPSA) is 80.5 Å². The van der Waals surface area contributed by atoms with E-state index in [0.717, 1.165) is 37.0 Å². The smallest absolute Gasteiger partial charge is 0.137 e. The normalized spacial score (nSPS) is 41.3. The molecule has 4 bridgehead atoms.